The van der Waals surface area contributed by atoms with Crippen molar-refractivity contribution in [2.45, 2.75) is 0 Å². The molecule has 2 rings (SSSR count). The van der Waals surface area contributed by atoms with E-state index in [1.165, 1.54) is 6.21 Å². The lowest BCUT2D eigenvalue weighted by molar-refractivity contribution is -0.136. The highest BCUT2D eigenvalue weighted by Gasteiger charge is 2.26. The van der Waals surface area contributed by atoms with Crippen LogP contribution in [0.1, 0.15) is 0 Å². The number of allylic oxidation sites excluding steroid dienone is 1. The number of hydrogen-bond donors (Lipinski definition) is 0. The number of hydrogen-bond acceptors (Lipinski definition) is 4. The molecule has 0 atom stereocenters. The van der Waals surface area contributed by atoms with E-state index in [9.17, 15) is 4.79 Å². The molecule has 0 aliphatic carbocycles. The van der Waals surface area contributed by atoms with Gasteiger partial charge in [-0.2, -0.15) is 0 Å². The van der Waals surface area contributed by atoms with E-state index >= 15 is 0 Å². The van der Waals surface area contributed by atoms with Crippen molar-refractivity contribution < 1.29 is 9.63 Å². The van der Waals surface area contributed by atoms with Crippen LogP contribution < -0.4 is 0 Å². The van der Waals surface area contributed by atoms with E-state index in [0.717, 1.165) is 0 Å². The molecule has 0 aromatic carbocycles. The van der Waals surface area contributed by atoms with Gasteiger partial charge in [0.15, 0.2) is 0 Å². The summed E-state index contributed by atoms with van der Waals surface area (Å²) < 4.78 is 0. The number of carbonyl (C=O) groups excluding carboxylic acids is 1. The number of rotatable bonds is 0. The Hall–Kier alpha value is -1.45. The van der Waals surface area contributed by atoms with Crippen LogP contribution in [-0.4, -0.2) is 18.0 Å². The summed E-state index contributed by atoms with van der Waals surface area (Å²) in [5.41, 5.74) is 0.454. The fourth-order valence-corrected chi connectivity index (χ4v) is 0.692. The van der Waals surface area contributed by atoms with Gasteiger partial charge in [-0.3, -0.25) is 0 Å². The topological polar surface area (TPSA) is 51.0 Å². The van der Waals surface area contributed by atoms with Crippen LogP contribution >= 0.6 is 0 Å². The van der Waals surface area contributed by atoms with Crippen molar-refractivity contribution in [2.75, 3.05) is 0 Å². The maximum Gasteiger partial charge on any atom is 0.369 e. The molecule has 44 valence electrons. The minimum absolute atomic E-state index is 0.389. The summed E-state index contributed by atoms with van der Waals surface area (Å²) in [5, 5.41) is 3.38. The van der Waals surface area contributed by atoms with Gasteiger partial charge in [0.25, 0.3) is 0 Å². The minimum Gasteiger partial charge on any atom is -0.310 e. The molecule has 0 N–H and O–H groups in total. The largest absolute Gasteiger partial charge is 0.369 e. The molecule has 2 aliphatic heterocycles. The van der Waals surface area contributed by atoms with Crippen LogP contribution in [0.25, 0.3) is 0 Å². The Labute approximate surface area is 50.5 Å². The molecule has 0 fully saturated rings. The first-order valence-corrected chi connectivity index (χ1v) is 2.42. The molecule has 4 heteroatoms. The molecular weight excluding hydrogens is 120 g/mol. The molecule has 0 aromatic rings. The SMILES string of the molecule is O=C1ON=C2N=CC=C12. The monoisotopic (exact) mass is 122 g/mol. The second-order valence-electron chi connectivity index (χ2n) is 1.65. The van der Waals surface area contributed by atoms with E-state index in [1.54, 1.807) is 6.08 Å². The van der Waals surface area contributed by atoms with Crippen molar-refractivity contribution in [1.29, 1.82) is 0 Å². The molecule has 2 heterocycles. The molecule has 4 nitrogen and oxygen atoms in total. The van der Waals surface area contributed by atoms with Crippen LogP contribution in [-0.2, 0) is 9.63 Å². The van der Waals surface area contributed by atoms with Gasteiger partial charge in [0.05, 0.1) is 0 Å². The molecule has 0 unspecified atom stereocenters. The lowest BCUT2D eigenvalue weighted by atomic mass is 10.3. The summed E-state index contributed by atoms with van der Waals surface area (Å²) in [6.45, 7) is 0. The number of carbonyl (C=O) groups is 1. The first kappa shape index (κ1) is 4.43. The maximum absolute atomic E-state index is 10.6. The number of nitrogens with zero attached hydrogens (tertiary/aromatic N) is 2. The van der Waals surface area contributed by atoms with E-state index in [0.29, 0.717) is 11.4 Å². The second-order valence-corrected chi connectivity index (χ2v) is 1.65. The highest BCUT2D eigenvalue weighted by Crippen LogP contribution is 2.13. The predicted molar refractivity (Wildman–Crippen MR) is 30.1 cm³/mol. The second kappa shape index (κ2) is 1.28. The normalized spacial score (nSPS) is 21.1. The van der Waals surface area contributed by atoms with Crippen LogP contribution in [0.3, 0.4) is 0 Å². The first-order valence-electron chi connectivity index (χ1n) is 2.42. The van der Waals surface area contributed by atoms with Crippen LogP contribution in [0.4, 0.5) is 0 Å². The third kappa shape index (κ3) is 0.440. The van der Waals surface area contributed by atoms with Gasteiger partial charge >= 0.3 is 5.97 Å². The van der Waals surface area contributed by atoms with E-state index in [2.05, 4.69) is 15.0 Å². The number of amidine groups is 1. The summed E-state index contributed by atoms with van der Waals surface area (Å²) in [5.74, 6) is -0.0255. The molecule has 2 aliphatic rings. The fraction of sp³-hybridized carbons (Fsp3) is 0. The molecule has 0 radical (unpaired) electrons. The predicted octanol–water partition coefficient (Wildman–Crippen LogP) is -0.132. The first-order chi connectivity index (χ1) is 4.38. The van der Waals surface area contributed by atoms with Gasteiger partial charge in [0.2, 0.25) is 5.84 Å². The Morgan fingerprint density at radius 2 is 2.44 bits per heavy atom. The van der Waals surface area contributed by atoms with Crippen LogP contribution in [0, 0.1) is 0 Å². The minimum atomic E-state index is -0.414. The molecule has 9 heavy (non-hydrogen) atoms. The van der Waals surface area contributed by atoms with Crippen LogP contribution in [0.2, 0.25) is 0 Å². The third-order valence-corrected chi connectivity index (χ3v) is 1.11. The number of fused-ring (bicyclic) bond motifs is 1. The number of aliphatic imine (C=N–C) groups is 1. The Morgan fingerprint density at radius 3 is 3.22 bits per heavy atom. The van der Waals surface area contributed by atoms with Crippen LogP contribution in [0.5, 0.6) is 0 Å². The Balaban J connectivity index is 2.53. The van der Waals surface area contributed by atoms with Crippen molar-refractivity contribution in [3.63, 3.8) is 0 Å². The molecular formula is C5H2N2O2. The average Bonchev–Trinajstić information content (AvgIpc) is 2.35. The van der Waals surface area contributed by atoms with Gasteiger partial charge in [0.1, 0.15) is 5.57 Å². The van der Waals surface area contributed by atoms with Gasteiger partial charge in [-0.05, 0) is 6.08 Å². The zero-order chi connectivity index (χ0) is 6.27. The summed E-state index contributed by atoms with van der Waals surface area (Å²) in [4.78, 5) is 18.6. The Kier molecular flexibility index (Phi) is 0.631. The van der Waals surface area contributed by atoms with E-state index in [1.807, 2.05) is 0 Å². The molecule has 0 saturated heterocycles. The van der Waals surface area contributed by atoms with E-state index in [4.69, 9.17) is 0 Å². The van der Waals surface area contributed by atoms with Gasteiger partial charge in [-0.15, -0.1) is 0 Å². The molecule has 0 saturated carbocycles. The van der Waals surface area contributed by atoms with Gasteiger partial charge in [0, 0.05) is 6.21 Å². The van der Waals surface area contributed by atoms with Crippen molar-refractivity contribution in [2.24, 2.45) is 10.1 Å². The van der Waals surface area contributed by atoms with Crippen molar-refractivity contribution in [3.8, 4) is 0 Å². The summed E-state index contributed by atoms with van der Waals surface area (Å²) in [6.07, 6.45) is 3.10. The van der Waals surface area contributed by atoms with E-state index in [-0.39, 0.29) is 0 Å². The zero-order valence-electron chi connectivity index (χ0n) is 4.37. The Morgan fingerprint density at radius 1 is 1.56 bits per heavy atom. The quantitative estimate of drug-likeness (QED) is 0.420. The lowest BCUT2D eigenvalue weighted by Crippen LogP contribution is -1.98. The standard InChI is InChI=1S/C5H2N2O2/c8-5-3-1-2-6-4(3)7-9-5/h1-2H. The summed E-state index contributed by atoms with van der Waals surface area (Å²) >= 11 is 0. The van der Waals surface area contributed by atoms with Gasteiger partial charge in [-0.25, -0.2) is 9.79 Å². The molecule has 0 aromatic heterocycles. The summed E-state index contributed by atoms with van der Waals surface area (Å²) in [6, 6.07) is 0. The van der Waals surface area contributed by atoms with Crippen LogP contribution in [0.15, 0.2) is 21.8 Å². The molecule has 0 bridgehead atoms. The van der Waals surface area contributed by atoms with Crippen molar-refractivity contribution >= 4 is 18.0 Å². The highest BCUT2D eigenvalue weighted by atomic mass is 16.7. The van der Waals surface area contributed by atoms with Gasteiger partial charge in [-0.1, -0.05) is 5.16 Å². The molecule has 0 spiro atoms. The highest BCUT2D eigenvalue weighted by molar-refractivity contribution is 6.27. The fourth-order valence-electron chi connectivity index (χ4n) is 0.692. The average molecular weight is 122 g/mol. The van der Waals surface area contributed by atoms with Gasteiger partial charge < -0.3 is 4.84 Å². The van der Waals surface area contributed by atoms with E-state index < -0.39 is 5.97 Å². The van der Waals surface area contributed by atoms with Crippen molar-refractivity contribution in [1.82, 2.24) is 0 Å². The third-order valence-electron chi connectivity index (χ3n) is 1.11. The smallest absolute Gasteiger partial charge is 0.310 e. The lowest BCUT2D eigenvalue weighted by Gasteiger charge is -1.79. The summed E-state index contributed by atoms with van der Waals surface area (Å²) in [7, 11) is 0. The number of oxime groups is 1. The molecule has 0 amide bonds. The Bertz CT molecular complexity index is 262. The van der Waals surface area contributed by atoms with Crippen molar-refractivity contribution in [3.05, 3.63) is 11.6 Å². The maximum atomic E-state index is 10.6. The zero-order valence-corrected chi connectivity index (χ0v) is 4.37.